The number of carbonyl (C=O) groups is 5. The normalized spacial score (nSPS) is 23.1. The van der Waals surface area contributed by atoms with Crippen molar-refractivity contribution in [3.8, 4) is 0 Å². The van der Waals surface area contributed by atoms with Gasteiger partial charge in [0.05, 0.1) is 5.03 Å². The summed E-state index contributed by atoms with van der Waals surface area (Å²) in [5.74, 6) is -4.59. The Morgan fingerprint density at radius 2 is 1.89 bits per heavy atom. The minimum absolute atomic E-state index is 0.00618. The fourth-order valence-corrected chi connectivity index (χ4v) is 4.79. The number of allylic oxidation sites excluding steroid dienone is 6. The third-order valence-corrected chi connectivity index (χ3v) is 7.40. The molecule has 3 aliphatic rings. The van der Waals surface area contributed by atoms with Crippen molar-refractivity contribution < 1.29 is 38.9 Å². The van der Waals surface area contributed by atoms with Crippen molar-refractivity contribution in [3.63, 3.8) is 0 Å². The molecule has 0 aromatic heterocycles. The maximum Gasteiger partial charge on any atom is 0.343 e. The summed E-state index contributed by atoms with van der Waals surface area (Å²) in [6.07, 6.45) is 8.18. The number of carboxylic acids is 2. The highest BCUT2D eigenvalue weighted by Crippen LogP contribution is 2.50. The molecule has 10 heteroatoms. The summed E-state index contributed by atoms with van der Waals surface area (Å²) in [4.78, 5) is 64.5. The monoisotopic (exact) mass is 543 g/mol. The van der Waals surface area contributed by atoms with E-state index in [2.05, 4.69) is 0 Å². The van der Waals surface area contributed by atoms with Gasteiger partial charge in [0, 0.05) is 35.0 Å². The van der Waals surface area contributed by atoms with Crippen molar-refractivity contribution >= 4 is 41.1 Å². The number of Topliss-reactive ketones (excluding diaryl/α,β-unsaturated/α-hetero) is 2. The van der Waals surface area contributed by atoms with Gasteiger partial charge in [0.25, 0.3) is 0 Å². The highest BCUT2D eigenvalue weighted by atomic mass is 35.5. The van der Waals surface area contributed by atoms with Gasteiger partial charge in [-0.3, -0.25) is 14.4 Å². The number of esters is 1. The second-order valence-electron chi connectivity index (χ2n) is 9.58. The molecule has 1 aliphatic carbocycles. The Balaban J connectivity index is 2.34. The van der Waals surface area contributed by atoms with Crippen molar-refractivity contribution in [3.05, 3.63) is 69.1 Å². The van der Waals surface area contributed by atoms with E-state index in [4.69, 9.17) is 16.3 Å². The SMILES string of the molecule is C/C=C(/C)C(=O)C1=C2C3=CN([C@@H](CCC(=O)O)C(=O)O)C(C=C[C@@H](C)CC)=CC3=C(Cl)C(=O)[C@@]2(C)OC1=O. The molecule has 2 heterocycles. The lowest BCUT2D eigenvalue weighted by molar-refractivity contribution is -0.153. The van der Waals surface area contributed by atoms with Gasteiger partial charge < -0.3 is 19.8 Å². The van der Waals surface area contributed by atoms with Gasteiger partial charge in [0.2, 0.25) is 5.78 Å². The molecule has 38 heavy (non-hydrogen) atoms. The Morgan fingerprint density at radius 1 is 1.24 bits per heavy atom. The highest BCUT2D eigenvalue weighted by Gasteiger charge is 2.57. The van der Waals surface area contributed by atoms with E-state index >= 15 is 0 Å². The molecule has 0 bridgehead atoms. The van der Waals surface area contributed by atoms with Crippen LogP contribution in [0.2, 0.25) is 0 Å². The number of ether oxygens (including phenoxy) is 1. The van der Waals surface area contributed by atoms with Crippen molar-refractivity contribution in [2.75, 3.05) is 0 Å². The first kappa shape index (κ1) is 28.8. The Hall–Kier alpha value is -3.72. The van der Waals surface area contributed by atoms with Crippen molar-refractivity contribution in [1.82, 2.24) is 4.90 Å². The fraction of sp³-hybridized carbons (Fsp3) is 0.393. The quantitative estimate of drug-likeness (QED) is 0.235. The minimum atomic E-state index is -1.88. The fourth-order valence-electron chi connectivity index (χ4n) is 4.45. The second kappa shape index (κ2) is 10.9. The largest absolute Gasteiger partial charge is 0.481 e. The van der Waals surface area contributed by atoms with Gasteiger partial charge in [-0.05, 0) is 50.8 Å². The molecule has 0 amide bonds. The zero-order valence-corrected chi connectivity index (χ0v) is 22.6. The smallest absolute Gasteiger partial charge is 0.343 e. The van der Waals surface area contributed by atoms with Crippen molar-refractivity contribution in [2.24, 2.45) is 5.92 Å². The topological polar surface area (TPSA) is 138 Å². The molecule has 3 rings (SSSR count). The van der Waals surface area contributed by atoms with E-state index in [-0.39, 0.29) is 45.2 Å². The lowest BCUT2D eigenvalue weighted by Crippen LogP contribution is -2.44. The molecule has 0 aromatic rings. The maximum atomic E-state index is 13.4. The number of hydrogen-bond donors (Lipinski definition) is 2. The summed E-state index contributed by atoms with van der Waals surface area (Å²) >= 11 is 6.51. The average Bonchev–Trinajstić information content (AvgIpc) is 3.15. The Bertz CT molecular complexity index is 1310. The maximum absolute atomic E-state index is 13.4. The standard InChI is InChI=1S/C28H30ClNO8/c1-6-14(3)8-9-16-12-17-18(13-30(16)19(26(35)36)10-11-20(31)32)22-21(24(33)15(4)7-2)27(37)38-28(22,5)25(34)23(17)29/h7-9,12-14,19H,6,10-11H2,1-5H3,(H,31,32)(H,35,36)/b9-8?,15-7-/t14-,19-,28-/m0/s1. The molecule has 2 aliphatic heterocycles. The van der Waals surface area contributed by atoms with Gasteiger partial charge >= 0.3 is 17.9 Å². The van der Waals surface area contributed by atoms with E-state index in [0.29, 0.717) is 5.70 Å². The average molecular weight is 544 g/mol. The number of carbonyl (C=O) groups excluding carboxylic acids is 3. The van der Waals surface area contributed by atoms with Gasteiger partial charge in [0.1, 0.15) is 11.6 Å². The lowest BCUT2D eigenvalue weighted by Gasteiger charge is -2.38. The first-order valence-corrected chi connectivity index (χ1v) is 12.6. The van der Waals surface area contributed by atoms with Gasteiger partial charge in [0.15, 0.2) is 11.4 Å². The van der Waals surface area contributed by atoms with E-state index in [1.165, 1.54) is 37.1 Å². The van der Waals surface area contributed by atoms with Crippen LogP contribution in [-0.4, -0.2) is 56.2 Å². The number of aliphatic carboxylic acids is 2. The molecule has 2 N–H and O–H groups in total. The second-order valence-corrected chi connectivity index (χ2v) is 9.96. The first-order chi connectivity index (χ1) is 17.8. The van der Waals surface area contributed by atoms with E-state index < -0.39 is 47.5 Å². The molecule has 0 aromatic carbocycles. The van der Waals surface area contributed by atoms with E-state index in [1.54, 1.807) is 13.0 Å². The number of fused-ring (bicyclic) bond motifs is 3. The number of carboxylic acid groups (broad SMARTS) is 2. The van der Waals surface area contributed by atoms with Crippen LogP contribution in [0.15, 0.2) is 69.1 Å². The molecule has 0 saturated carbocycles. The molecule has 0 saturated heterocycles. The number of hydrogen-bond acceptors (Lipinski definition) is 7. The third-order valence-electron chi connectivity index (χ3n) is 7.03. The predicted molar refractivity (Wildman–Crippen MR) is 139 cm³/mol. The zero-order valence-electron chi connectivity index (χ0n) is 21.8. The molecule has 9 nitrogen and oxygen atoms in total. The van der Waals surface area contributed by atoms with E-state index in [9.17, 15) is 34.2 Å². The number of rotatable bonds is 10. The molecule has 0 radical (unpaired) electrons. The third kappa shape index (κ3) is 5.03. The number of ketones is 2. The van der Waals surface area contributed by atoms with Crippen molar-refractivity contribution in [2.45, 2.75) is 65.5 Å². The predicted octanol–water partition coefficient (Wildman–Crippen LogP) is 4.21. The Morgan fingerprint density at radius 3 is 2.45 bits per heavy atom. The highest BCUT2D eigenvalue weighted by molar-refractivity contribution is 6.46. The number of halogens is 1. The summed E-state index contributed by atoms with van der Waals surface area (Å²) in [7, 11) is 0. The lowest BCUT2D eigenvalue weighted by atomic mass is 9.74. The first-order valence-electron chi connectivity index (χ1n) is 12.2. The molecule has 202 valence electrons. The van der Waals surface area contributed by atoms with Crippen LogP contribution < -0.4 is 0 Å². The minimum Gasteiger partial charge on any atom is -0.481 e. The van der Waals surface area contributed by atoms with Crippen LogP contribution in [0.4, 0.5) is 0 Å². The van der Waals surface area contributed by atoms with Gasteiger partial charge in [-0.1, -0.05) is 44.0 Å². The summed E-state index contributed by atoms with van der Waals surface area (Å²) in [5.41, 5.74) is -1.17. The van der Waals surface area contributed by atoms with E-state index in [1.807, 2.05) is 19.9 Å². The Kier molecular flexibility index (Phi) is 8.31. The van der Waals surface area contributed by atoms with Crippen LogP contribution in [0.1, 0.15) is 53.9 Å². The molecular weight excluding hydrogens is 514 g/mol. The molecule has 3 atom stereocenters. The molecule has 0 spiro atoms. The van der Waals surface area contributed by atoms with Crippen LogP contribution >= 0.6 is 11.6 Å². The van der Waals surface area contributed by atoms with Crippen molar-refractivity contribution in [1.29, 1.82) is 0 Å². The van der Waals surface area contributed by atoms with Crippen LogP contribution in [0.25, 0.3) is 0 Å². The van der Waals surface area contributed by atoms with Gasteiger partial charge in [-0.15, -0.1) is 0 Å². The summed E-state index contributed by atoms with van der Waals surface area (Å²) in [6, 6.07) is -1.30. The van der Waals surface area contributed by atoms with Crippen LogP contribution in [0.5, 0.6) is 0 Å². The summed E-state index contributed by atoms with van der Waals surface area (Å²) < 4.78 is 5.44. The van der Waals surface area contributed by atoms with E-state index in [0.717, 1.165) is 6.42 Å². The molecule has 0 unspecified atom stereocenters. The molecule has 0 fully saturated rings. The van der Waals surface area contributed by atoms with Crippen LogP contribution in [0.3, 0.4) is 0 Å². The van der Waals surface area contributed by atoms with Crippen LogP contribution in [0, 0.1) is 5.92 Å². The molecular formula is C28H30ClNO8. The van der Waals surface area contributed by atoms with Crippen LogP contribution in [-0.2, 0) is 28.7 Å². The summed E-state index contributed by atoms with van der Waals surface area (Å²) in [5, 5.41) is 19.0. The van der Waals surface area contributed by atoms with Gasteiger partial charge in [-0.2, -0.15) is 0 Å². The zero-order chi connectivity index (χ0) is 28.5. The summed E-state index contributed by atoms with van der Waals surface area (Å²) in [6.45, 7) is 8.46. The van der Waals surface area contributed by atoms with Gasteiger partial charge in [-0.25, -0.2) is 9.59 Å². The Labute approximate surface area is 225 Å². The number of nitrogens with zero attached hydrogens (tertiary/aromatic N) is 1.